The fraction of sp³-hybridized carbons (Fsp3) is 0.667. The molecule has 1 aromatic carbocycles. The van der Waals surface area contributed by atoms with E-state index in [9.17, 15) is 24.0 Å². The van der Waals surface area contributed by atoms with Crippen molar-refractivity contribution >= 4 is 30.0 Å². The predicted molar refractivity (Wildman–Crippen MR) is 176 cm³/mol. The van der Waals surface area contributed by atoms with Gasteiger partial charge in [-0.15, -0.1) is 0 Å². The highest BCUT2D eigenvalue weighted by molar-refractivity contribution is 5.77. The minimum absolute atomic E-state index is 0.109. The molecule has 0 radical (unpaired) electrons. The second-order valence-electron chi connectivity index (χ2n) is 11.6. The van der Waals surface area contributed by atoms with E-state index in [1.165, 1.54) is 28.4 Å². The Morgan fingerprint density at radius 2 is 0.979 bits per heavy atom. The summed E-state index contributed by atoms with van der Waals surface area (Å²) in [6, 6.07) is 6.74. The Bertz CT molecular complexity index is 1130. The summed E-state index contributed by atoms with van der Waals surface area (Å²) in [5, 5.41) is 2.72. The molecular weight excluding hydrogens is 626 g/mol. The zero-order valence-corrected chi connectivity index (χ0v) is 29.3. The molecule has 1 heterocycles. The maximum atomic E-state index is 13.2. The van der Waals surface area contributed by atoms with E-state index < -0.39 is 54.1 Å². The number of ether oxygens (including phenoxy) is 5. The van der Waals surface area contributed by atoms with Crippen LogP contribution in [0.2, 0.25) is 0 Å². The number of amides is 1. The monoisotopic (exact) mass is 679 g/mol. The summed E-state index contributed by atoms with van der Waals surface area (Å²) in [5.74, 6) is -1.71. The number of nitrogens with zero attached hydrogens (tertiary/aromatic N) is 4. The van der Waals surface area contributed by atoms with Gasteiger partial charge in [0, 0.05) is 58.9 Å². The second kappa shape index (κ2) is 21.2. The van der Waals surface area contributed by atoms with Crippen molar-refractivity contribution in [3.63, 3.8) is 0 Å². The van der Waals surface area contributed by atoms with E-state index in [2.05, 4.69) is 5.32 Å². The molecule has 1 aliphatic rings. The number of rotatable bonds is 13. The van der Waals surface area contributed by atoms with Crippen molar-refractivity contribution in [2.24, 2.45) is 0 Å². The van der Waals surface area contributed by atoms with Crippen molar-refractivity contribution < 1.29 is 47.7 Å². The summed E-state index contributed by atoms with van der Waals surface area (Å²) in [5.41, 5.74) is 0.846. The molecular formula is C33H53N5O10. The second-order valence-corrected chi connectivity index (χ2v) is 11.6. The minimum atomic E-state index is -0.756. The Kier molecular flexibility index (Phi) is 17.9. The highest BCUT2D eigenvalue weighted by Crippen LogP contribution is 2.14. The van der Waals surface area contributed by atoms with E-state index >= 15 is 0 Å². The molecule has 1 N–H and O–H groups in total. The highest BCUT2D eigenvalue weighted by atomic mass is 16.6. The van der Waals surface area contributed by atoms with Gasteiger partial charge in [0.15, 0.2) is 0 Å². The van der Waals surface area contributed by atoms with Crippen LogP contribution in [0.1, 0.15) is 32.8 Å². The smallest absolute Gasteiger partial charge is 0.407 e. The lowest BCUT2D eigenvalue weighted by Crippen LogP contribution is -2.56. The fourth-order valence-electron chi connectivity index (χ4n) is 5.58. The van der Waals surface area contributed by atoms with E-state index in [1.807, 2.05) is 49.9 Å². The molecule has 0 saturated carbocycles. The van der Waals surface area contributed by atoms with Crippen molar-refractivity contribution in [3.05, 3.63) is 35.9 Å². The number of benzene rings is 1. The van der Waals surface area contributed by atoms with E-state index in [1.54, 1.807) is 20.8 Å². The normalized spacial score (nSPS) is 18.5. The first-order valence-corrected chi connectivity index (χ1v) is 16.2. The lowest BCUT2D eigenvalue weighted by molar-refractivity contribution is -0.151. The summed E-state index contributed by atoms with van der Waals surface area (Å²) >= 11 is 0. The number of carbonyl (C=O) groups excluding carboxylic acids is 5. The molecule has 48 heavy (non-hydrogen) atoms. The van der Waals surface area contributed by atoms with E-state index in [4.69, 9.17) is 23.7 Å². The molecule has 270 valence electrons. The third-order valence-corrected chi connectivity index (χ3v) is 8.78. The topological polar surface area (TPSA) is 156 Å². The van der Waals surface area contributed by atoms with Gasteiger partial charge in [0.05, 0.1) is 28.4 Å². The van der Waals surface area contributed by atoms with Crippen molar-refractivity contribution in [2.75, 3.05) is 87.3 Å². The molecule has 1 aromatic rings. The van der Waals surface area contributed by atoms with Gasteiger partial charge >= 0.3 is 30.0 Å². The number of nitrogens with one attached hydrogen (secondary N) is 1. The Morgan fingerprint density at radius 1 is 0.604 bits per heavy atom. The molecule has 1 fully saturated rings. The molecule has 1 saturated heterocycles. The largest absolute Gasteiger partial charge is 0.468 e. The van der Waals surface area contributed by atoms with Crippen molar-refractivity contribution in [1.29, 1.82) is 0 Å². The molecule has 1 aliphatic heterocycles. The van der Waals surface area contributed by atoms with Crippen LogP contribution in [0.3, 0.4) is 0 Å². The van der Waals surface area contributed by atoms with Crippen LogP contribution in [0.5, 0.6) is 0 Å². The molecule has 4 unspecified atom stereocenters. The van der Waals surface area contributed by atoms with Gasteiger partial charge in [-0.3, -0.25) is 38.8 Å². The van der Waals surface area contributed by atoms with Gasteiger partial charge in [0.1, 0.15) is 30.8 Å². The van der Waals surface area contributed by atoms with Crippen molar-refractivity contribution in [1.82, 2.24) is 24.9 Å². The zero-order chi connectivity index (χ0) is 35.6. The first kappa shape index (κ1) is 40.4. The molecule has 0 aliphatic carbocycles. The van der Waals surface area contributed by atoms with Gasteiger partial charge in [0.2, 0.25) is 0 Å². The van der Waals surface area contributed by atoms with Crippen LogP contribution in [0.15, 0.2) is 30.3 Å². The summed E-state index contributed by atoms with van der Waals surface area (Å²) in [6.07, 6.45) is -0.394. The van der Waals surface area contributed by atoms with Crippen LogP contribution in [0, 0.1) is 0 Å². The first-order chi connectivity index (χ1) is 23.0. The van der Waals surface area contributed by atoms with Gasteiger partial charge in [-0.25, -0.2) is 4.79 Å². The summed E-state index contributed by atoms with van der Waals surface area (Å²) in [4.78, 5) is 71.2. The average Bonchev–Trinajstić information content (AvgIpc) is 3.11. The van der Waals surface area contributed by atoms with E-state index in [-0.39, 0.29) is 19.6 Å². The van der Waals surface area contributed by atoms with Crippen LogP contribution in [0.4, 0.5) is 4.79 Å². The lowest BCUT2D eigenvalue weighted by Gasteiger charge is -2.39. The van der Waals surface area contributed by atoms with E-state index in [0.717, 1.165) is 5.56 Å². The van der Waals surface area contributed by atoms with E-state index in [0.29, 0.717) is 52.4 Å². The Hall–Kier alpha value is -3.79. The highest BCUT2D eigenvalue weighted by Gasteiger charge is 2.33. The van der Waals surface area contributed by atoms with Gasteiger partial charge in [-0.05, 0) is 32.8 Å². The number of hydrogen-bond donors (Lipinski definition) is 1. The fourth-order valence-corrected chi connectivity index (χ4v) is 5.58. The van der Waals surface area contributed by atoms with Crippen LogP contribution in [0.25, 0.3) is 0 Å². The average molecular weight is 680 g/mol. The lowest BCUT2D eigenvalue weighted by atomic mass is 10.1. The summed E-state index contributed by atoms with van der Waals surface area (Å²) in [6.45, 7) is 8.52. The number of alkyl carbamates (subject to hydrolysis) is 1. The summed E-state index contributed by atoms with van der Waals surface area (Å²) in [7, 11) is 5.30. The summed E-state index contributed by atoms with van der Waals surface area (Å²) < 4.78 is 25.6. The number of esters is 4. The molecule has 15 nitrogen and oxygen atoms in total. The first-order valence-electron chi connectivity index (χ1n) is 16.2. The van der Waals surface area contributed by atoms with Gasteiger partial charge in [0.25, 0.3) is 0 Å². The minimum Gasteiger partial charge on any atom is -0.468 e. The zero-order valence-electron chi connectivity index (χ0n) is 29.3. The molecule has 0 aromatic heterocycles. The van der Waals surface area contributed by atoms with Gasteiger partial charge in [-0.2, -0.15) is 0 Å². The number of hydrogen-bond acceptors (Lipinski definition) is 14. The van der Waals surface area contributed by atoms with Crippen molar-refractivity contribution in [2.45, 2.75) is 58.0 Å². The molecule has 0 bridgehead atoms. The Balaban J connectivity index is 2.32. The Morgan fingerprint density at radius 3 is 1.35 bits per heavy atom. The SMILES string of the molecule is COC(=O)C(C)N1CCN(C(C)C(=O)OC)CCN(C(CCNC(=O)OCc2ccccc2)C(=O)OC)CCN(C(C)C(=O)OC)CC1. The number of methoxy groups -OCH3 is 4. The molecule has 15 heteroatoms. The number of carbonyl (C=O) groups is 5. The molecule has 2 rings (SSSR count). The predicted octanol–water partition coefficient (Wildman–Crippen LogP) is 0.751. The van der Waals surface area contributed by atoms with Crippen LogP contribution < -0.4 is 5.32 Å². The van der Waals surface area contributed by atoms with Crippen LogP contribution >= 0.6 is 0 Å². The van der Waals surface area contributed by atoms with Crippen LogP contribution in [-0.4, -0.2) is 161 Å². The standard InChI is InChI=1S/C33H53N5O10/c1-24(29(39)44-4)35-15-17-36(25(2)30(40)45-5)19-21-38(22-20-37(18-16-35)26(3)31(41)46-6)28(32(42)47-7)13-14-34-33(43)48-23-27-11-9-8-10-12-27/h8-12,24-26,28H,13-23H2,1-7H3,(H,34,43). The van der Waals surface area contributed by atoms with Gasteiger partial charge < -0.3 is 29.0 Å². The maximum Gasteiger partial charge on any atom is 0.407 e. The van der Waals surface area contributed by atoms with Crippen LogP contribution in [-0.2, 0) is 49.5 Å². The van der Waals surface area contributed by atoms with Gasteiger partial charge in [-0.1, -0.05) is 30.3 Å². The maximum absolute atomic E-state index is 13.2. The third kappa shape index (κ3) is 12.7. The molecule has 4 atom stereocenters. The van der Waals surface area contributed by atoms with Crippen molar-refractivity contribution in [3.8, 4) is 0 Å². The third-order valence-electron chi connectivity index (χ3n) is 8.78. The molecule has 0 spiro atoms. The quantitative estimate of drug-likeness (QED) is 0.230. The molecule has 1 amide bonds. The Labute approximate surface area is 283 Å².